The van der Waals surface area contributed by atoms with E-state index in [4.69, 9.17) is 9.47 Å². The molecule has 0 aliphatic carbocycles. The minimum Gasteiger partial charge on any atom is -0.488 e. The van der Waals surface area contributed by atoms with Crippen LogP contribution in [0.1, 0.15) is 86.6 Å². The van der Waals surface area contributed by atoms with Gasteiger partial charge in [0.2, 0.25) is 0 Å². The zero-order valence-corrected chi connectivity index (χ0v) is 22.1. The summed E-state index contributed by atoms with van der Waals surface area (Å²) in [6.07, 6.45) is 5.79. The fourth-order valence-corrected chi connectivity index (χ4v) is 3.16. The van der Waals surface area contributed by atoms with E-state index in [0.717, 1.165) is 42.7 Å². The van der Waals surface area contributed by atoms with Gasteiger partial charge in [0, 0.05) is 14.7 Å². The van der Waals surface area contributed by atoms with Gasteiger partial charge in [-0.25, -0.2) is 0 Å². The van der Waals surface area contributed by atoms with Crippen LogP contribution in [0.4, 0.5) is 0 Å². The molecule has 0 N–H and O–H groups in total. The molecule has 0 saturated heterocycles. The van der Waals surface area contributed by atoms with Gasteiger partial charge in [-0.1, -0.05) is 72.2 Å². The maximum atomic E-state index is 6.35. The molecule has 0 atom stereocenters. The van der Waals surface area contributed by atoms with Crippen LogP contribution in [-0.2, 0) is 0 Å². The molecule has 4 heteroatoms. The fraction of sp³-hybridized carbons (Fsp3) is 0.667. The highest BCUT2D eigenvalue weighted by Gasteiger charge is 2.26. The van der Waals surface area contributed by atoms with E-state index in [2.05, 4.69) is 93.8 Å². The van der Waals surface area contributed by atoms with Crippen molar-refractivity contribution >= 4 is 37.9 Å². The lowest BCUT2D eigenvalue weighted by molar-refractivity contribution is 0.0861. The molecule has 0 aliphatic rings. The number of rotatable bonds is 11. The molecule has 1 aromatic rings. The van der Waals surface area contributed by atoms with E-state index in [0.29, 0.717) is 0 Å². The van der Waals surface area contributed by atoms with E-state index in [1.54, 1.807) is 0 Å². The van der Waals surface area contributed by atoms with Crippen molar-refractivity contribution in [1.29, 1.82) is 0 Å². The fourth-order valence-electron chi connectivity index (χ4n) is 2.77. The van der Waals surface area contributed by atoms with Crippen molar-refractivity contribution in [3.8, 4) is 11.5 Å². The van der Waals surface area contributed by atoms with Gasteiger partial charge in [0.25, 0.3) is 0 Å². The quantitative estimate of drug-likeness (QED) is 0.273. The van der Waals surface area contributed by atoms with Crippen LogP contribution >= 0.6 is 31.9 Å². The zero-order valence-electron chi connectivity index (χ0n) is 18.9. The Hall–Kier alpha value is -0.480. The van der Waals surface area contributed by atoms with Crippen molar-refractivity contribution in [3.63, 3.8) is 0 Å². The van der Waals surface area contributed by atoms with Crippen molar-refractivity contribution in [1.82, 2.24) is 0 Å². The summed E-state index contributed by atoms with van der Waals surface area (Å²) in [4.78, 5) is 0. The number of ether oxygens (including phenoxy) is 2. The smallest absolute Gasteiger partial charge is 0.124 e. The van der Waals surface area contributed by atoms with Gasteiger partial charge in [0.15, 0.2) is 0 Å². The van der Waals surface area contributed by atoms with Crippen LogP contribution in [0.25, 0.3) is 6.08 Å². The van der Waals surface area contributed by atoms with Gasteiger partial charge in [0.05, 0.1) is 0 Å². The summed E-state index contributed by atoms with van der Waals surface area (Å²) in [5.41, 5.74) is 0.468. The second kappa shape index (κ2) is 9.55. The maximum absolute atomic E-state index is 6.35. The molecule has 0 saturated carbocycles. The Labute approximate surface area is 189 Å². The van der Waals surface area contributed by atoms with Crippen molar-refractivity contribution in [2.75, 3.05) is 0 Å². The summed E-state index contributed by atoms with van der Waals surface area (Å²) in [6, 6.07) is 6.04. The van der Waals surface area contributed by atoms with Gasteiger partial charge < -0.3 is 9.47 Å². The van der Waals surface area contributed by atoms with Gasteiger partial charge in [-0.3, -0.25) is 0 Å². The van der Waals surface area contributed by atoms with E-state index in [1.807, 2.05) is 24.3 Å². The minimum absolute atomic E-state index is 0.109. The van der Waals surface area contributed by atoms with Crippen molar-refractivity contribution < 1.29 is 9.47 Å². The second-order valence-electron chi connectivity index (χ2n) is 10.1. The van der Waals surface area contributed by atoms with E-state index < -0.39 is 0 Å². The van der Waals surface area contributed by atoms with Gasteiger partial charge in [-0.2, -0.15) is 0 Å². The molecule has 0 heterocycles. The zero-order chi connectivity index (χ0) is 21.8. The highest BCUT2D eigenvalue weighted by atomic mass is 79.9. The first-order valence-electron chi connectivity index (χ1n) is 10.0. The summed E-state index contributed by atoms with van der Waals surface area (Å²) in [7, 11) is 0. The first kappa shape index (κ1) is 25.6. The van der Waals surface area contributed by atoms with Crippen molar-refractivity contribution in [2.24, 2.45) is 0 Å². The summed E-state index contributed by atoms with van der Waals surface area (Å²) in [5, 5.41) is 0. The van der Waals surface area contributed by atoms with Gasteiger partial charge in [-0.05, 0) is 71.1 Å². The largest absolute Gasteiger partial charge is 0.488 e. The third kappa shape index (κ3) is 10.9. The van der Waals surface area contributed by atoms with E-state index >= 15 is 0 Å². The van der Waals surface area contributed by atoms with E-state index in [-0.39, 0.29) is 19.9 Å². The molecule has 2 nitrogen and oxygen atoms in total. The molecule has 1 rings (SSSR count). The molecule has 1 aromatic carbocycles. The number of hydrogen-bond acceptors (Lipinski definition) is 2. The Morgan fingerprint density at radius 2 is 1.07 bits per heavy atom. The van der Waals surface area contributed by atoms with Gasteiger partial charge >= 0.3 is 0 Å². The van der Waals surface area contributed by atoms with Crippen LogP contribution in [0.5, 0.6) is 11.5 Å². The third-order valence-electron chi connectivity index (χ3n) is 4.57. The Morgan fingerprint density at radius 1 is 0.714 bits per heavy atom. The van der Waals surface area contributed by atoms with Crippen molar-refractivity contribution in [3.05, 3.63) is 30.3 Å². The summed E-state index contributed by atoms with van der Waals surface area (Å²) in [6.45, 7) is 21.2. The first-order chi connectivity index (χ1) is 12.5. The molecule has 28 heavy (non-hydrogen) atoms. The number of benzene rings is 1. The van der Waals surface area contributed by atoms with Crippen LogP contribution in [0.2, 0.25) is 0 Å². The standard InChI is InChI=1S/C24H38Br2O2/c1-10-18-15-19(27-23(6,7)13-11-21(2,3)25)17-20(16-18)28-24(8,9)14-12-22(4,5)26/h10,15-17H,1,11-14H2,2-9H3. The molecule has 0 aromatic heterocycles. The average molecular weight is 518 g/mol. The van der Waals surface area contributed by atoms with E-state index in [9.17, 15) is 0 Å². The topological polar surface area (TPSA) is 18.5 Å². The van der Waals surface area contributed by atoms with Crippen molar-refractivity contribution in [2.45, 2.75) is 101 Å². The molecule has 0 spiro atoms. The number of halogens is 2. The molecular formula is C24H38Br2O2. The molecule has 0 amide bonds. The Kier molecular flexibility index (Phi) is 8.72. The lowest BCUT2D eigenvalue weighted by atomic mass is 9.96. The number of alkyl halides is 2. The SMILES string of the molecule is C=Cc1cc(OC(C)(C)CCC(C)(C)Br)cc(OC(C)(C)CCC(C)(C)Br)c1. The van der Waals surface area contributed by atoms with Gasteiger partial charge in [0.1, 0.15) is 22.7 Å². The van der Waals surface area contributed by atoms with Crippen LogP contribution in [0.3, 0.4) is 0 Å². The Morgan fingerprint density at radius 3 is 1.36 bits per heavy atom. The molecule has 0 fully saturated rings. The summed E-state index contributed by atoms with van der Waals surface area (Å²) in [5.74, 6) is 1.64. The third-order valence-corrected chi connectivity index (χ3v) is 5.36. The maximum Gasteiger partial charge on any atom is 0.124 e. The molecule has 160 valence electrons. The Balaban J connectivity index is 2.94. The summed E-state index contributed by atoms with van der Waals surface area (Å²) < 4.78 is 12.9. The van der Waals surface area contributed by atoms with E-state index in [1.165, 1.54) is 0 Å². The molecular weight excluding hydrogens is 480 g/mol. The number of hydrogen-bond donors (Lipinski definition) is 0. The second-order valence-corrected chi connectivity index (χ2v) is 14.4. The van der Waals surface area contributed by atoms with Crippen LogP contribution < -0.4 is 9.47 Å². The Bertz CT molecular complexity index is 599. The van der Waals surface area contributed by atoms with Crippen LogP contribution in [-0.4, -0.2) is 19.9 Å². The van der Waals surface area contributed by atoms with Crippen LogP contribution in [0, 0.1) is 0 Å². The monoisotopic (exact) mass is 516 g/mol. The summed E-state index contributed by atoms with van der Waals surface area (Å²) >= 11 is 7.44. The lowest BCUT2D eigenvalue weighted by Gasteiger charge is -2.31. The minimum atomic E-state index is -0.266. The van der Waals surface area contributed by atoms with Gasteiger partial charge in [-0.15, -0.1) is 0 Å². The normalized spacial score (nSPS) is 13.4. The molecule has 0 unspecified atom stereocenters. The average Bonchev–Trinajstić information content (AvgIpc) is 2.49. The molecule has 0 aliphatic heterocycles. The highest BCUT2D eigenvalue weighted by Crippen LogP contribution is 2.34. The predicted molar refractivity (Wildman–Crippen MR) is 130 cm³/mol. The predicted octanol–water partition coefficient (Wildman–Crippen LogP) is 8.55. The highest BCUT2D eigenvalue weighted by molar-refractivity contribution is 9.10. The molecule has 0 radical (unpaired) electrons. The molecule has 0 bridgehead atoms. The lowest BCUT2D eigenvalue weighted by Crippen LogP contribution is -2.31. The first-order valence-corrected chi connectivity index (χ1v) is 11.6. The van der Waals surface area contributed by atoms with Crippen LogP contribution in [0.15, 0.2) is 24.8 Å².